The monoisotopic (exact) mass is 564 g/mol. The Hall–Kier alpha value is -4.02. The highest BCUT2D eigenvalue weighted by molar-refractivity contribution is 6.08. The van der Waals surface area contributed by atoms with Crippen molar-refractivity contribution in [1.82, 2.24) is 0 Å². The van der Waals surface area contributed by atoms with Gasteiger partial charge in [-0.05, 0) is 81.5 Å². The summed E-state index contributed by atoms with van der Waals surface area (Å²) in [4.78, 5) is 31.2. The van der Waals surface area contributed by atoms with E-state index in [0.717, 1.165) is 54.0 Å². The van der Waals surface area contributed by atoms with Crippen molar-refractivity contribution < 1.29 is 24.1 Å². The summed E-state index contributed by atoms with van der Waals surface area (Å²) >= 11 is 0. The lowest BCUT2D eigenvalue weighted by molar-refractivity contribution is -0.504. The summed E-state index contributed by atoms with van der Waals surface area (Å²) in [6, 6.07) is 12.6. The zero-order chi connectivity index (χ0) is 30.2. The number of hydrogen-bond donors (Lipinski definition) is 0. The lowest BCUT2D eigenvalue weighted by Gasteiger charge is -2.40. The third-order valence-corrected chi connectivity index (χ3v) is 9.21. The molecule has 0 radical (unpaired) electrons. The van der Waals surface area contributed by atoms with Crippen LogP contribution in [0.1, 0.15) is 92.9 Å². The van der Waals surface area contributed by atoms with Gasteiger partial charge in [0.25, 0.3) is 0 Å². The molecule has 2 aromatic rings. The number of rotatable bonds is 3. The van der Waals surface area contributed by atoms with E-state index in [2.05, 4.69) is 86.6 Å². The maximum atomic E-state index is 12.5. The van der Waals surface area contributed by atoms with Gasteiger partial charge in [0.05, 0.1) is 5.97 Å². The van der Waals surface area contributed by atoms with Crippen molar-refractivity contribution in [2.24, 2.45) is 0 Å². The molecule has 0 aromatic heterocycles. The number of carboxylic acid groups (broad SMARTS) is 1. The van der Waals surface area contributed by atoms with Gasteiger partial charge in [0.15, 0.2) is 5.71 Å². The highest BCUT2D eigenvalue weighted by Crippen LogP contribution is 2.51. The quantitative estimate of drug-likeness (QED) is 0.479. The van der Waals surface area contributed by atoms with Crippen molar-refractivity contribution in [3.63, 3.8) is 0 Å². The van der Waals surface area contributed by atoms with E-state index in [-0.39, 0.29) is 22.5 Å². The van der Waals surface area contributed by atoms with Crippen molar-refractivity contribution in [1.29, 1.82) is 0 Å². The maximum absolute atomic E-state index is 12.5. The lowest BCUT2D eigenvalue weighted by Crippen LogP contribution is -2.32. The zero-order valence-electron chi connectivity index (χ0n) is 25.4. The van der Waals surface area contributed by atoms with E-state index >= 15 is 0 Å². The van der Waals surface area contributed by atoms with Crippen LogP contribution in [0.25, 0.3) is 5.57 Å². The first-order valence-electron chi connectivity index (χ1n) is 15.0. The molecule has 4 aliphatic rings. The van der Waals surface area contributed by atoms with Gasteiger partial charge in [-0.1, -0.05) is 52.8 Å². The molecule has 6 rings (SSSR count). The SMILES string of the molecule is CC(C)(C)c1ccc(C(=O)[O-])c(C2=C3C=CC(=[N+]4CCCC4)C=C3C(C)(C)c3cc(N4CCCC4)ccc32)c1.O=C=O. The van der Waals surface area contributed by atoms with Crippen LogP contribution >= 0.6 is 0 Å². The second-order valence-corrected chi connectivity index (χ2v) is 13.2. The topological polar surface area (TPSA) is 80.5 Å². The normalized spacial score (nSPS) is 19.1. The Morgan fingerprint density at radius 3 is 2.21 bits per heavy atom. The molecule has 2 aromatic carbocycles. The van der Waals surface area contributed by atoms with E-state index < -0.39 is 5.97 Å². The second-order valence-electron chi connectivity index (χ2n) is 13.2. The summed E-state index contributed by atoms with van der Waals surface area (Å²) in [6.07, 6.45) is 12.0. The minimum atomic E-state index is -1.13. The highest BCUT2D eigenvalue weighted by Gasteiger charge is 2.40. The minimum Gasteiger partial charge on any atom is -0.545 e. The number of benzene rings is 2. The third kappa shape index (κ3) is 5.32. The lowest BCUT2D eigenvalue weighted by atomic mass is 9.64. The molecule has 2 heterocycles. The molecule has 0 unspecified atom stereocenters. The van der Waals surface area contributed by atoms with Crippen LogP contribution in [0, 0.1) is 0 Å². The Bertz CT molecular complexity index is 1580. The Balaban J connectivity index is 0.00000113. The molecule has 2 aliphatic heterocycles. The predicted molar refractivity (Wildman–Crippen MR) is 163 cm³/mol. The van der Waals surface area contributed by atoms with Gasteiger partial charge in [0.2, 0.25) is 0 Å². The van der Waals surface area contributed by atoms with E-state index in [1.165, 1.54) is 48.2 Å². The molecule has 2 fully saturated rings. The number of carbonyl (C=O) groups is 1. The Morgan fingerprint density at radius 2 is 1.60 bits per heavy atom. The van der Waals surface area contributed by atoms with Crippen LogP contribution in [0.5, 0.6) is 0 Å². The Morgan fingerprint density at radius 1 is 0.929 bits per heavy atom. The smallest absolute Gasteiger partial charge is 0.373 e. The molecule has 218 valence electrons. The van der Waals surface area contributed by atoms with Crippen LogP contribution < -0.4 is 10.0 Å². The number of hydrogen-bond acceptors (Lipinski definition) is 5. The minimum absolute atomic E-state index is 0.113. The fraction of sp³-hybridized carbons (Fsp3) is 0.417. The largest absolute Gasteiger partial charge is 0.545 e. The van der Waals surface area contributed by atoms with Crippen molar-refractivity contribution in [2.45, 2.75) is 71.1 Å². The number of carboxylic acids is 1. The molecule has 2 aliphatic carbocycles. The average molecular weight is 565 g/mol. The average Bonchev–Trinajstić information content (AvgIpc) is 3.68. The van der Waals surface area contributed by atoms with Crippen LogP contribution in [0.3, 0.4) is 0 Å². The van der Waals surface area contributed by atoms with Crippen LogP contribution in [-0.4, -0.2) is 48.6 Å². The van der Waals surface area contributed by atoms with E-state index in [1.807, 2.05) is 6.07 Å². The molecule has 0 bridgehead atoms. The van der Waals surface area contributed by atoms with Crippen LogP contribution in [0.15, 0.2) is 65.8 Å². The van der Waals surface area contributed by atoms with Gasteiger partial charge in [-0.3, -0.25) is 0 Å². The first-order chi connectivity index (χ1) is 20.0. The standard InChI is InChI=1S/C35H40N2O2.CO2/c1-34(2,3)23-10-13-26(33(38)39)29(20-23)32-27-14-11-24(36-16-6-7-17-36)21-30(27)35(4,5)31-22-25(12-15-28(31)32)37-18-8-9-19-37;2-1-3/h10-15,20-22H,6-9,16-19H2,1-5H3;. The van der Waals surface area contributed by atoms with E-state index in [4.69, 9.17) is 9.59 Å². The molecule has 2 saturated heterocycles. The fourth-order valence-corrected chi connectivity index (χ4v) is 6.85. The van der Waals surface area contributed by atoms with Crippen LogP contribution in [0.4, 0.5) is 5.69 Å². The zero-order valence-corrected chi connectivity index (χ0v) is 25.4. The van der Waals surface area contributed by atoms with Gasteiger partial charge < -0.3 is 14.8 Å². The molecule has 0 atom stereocenters. The summed E-state index contributed by atoms with van der Waals surface area (Å²) in [5.41, 5.74) is 10.1. The van der Waals surface area contributed by atoms with Crippen molar-refractivity contribution in [3.8, 4) is 0 Å². The van der Waals surface area contributed by atoms with E-state index in [1.54, 1.807) is 6.07 Å². The molecule has 0 spiro atoms. The molecule has 42 heavy (non-hydrogen) atoms. The summed E-state index contributed by atoms with van der Waals surface area (Å²) in [5, 5.41) is 12.5. The van der Waals surface area contributed by atoms with Gasteiger partial charge >= 0.3 is 6.15 Å². The fourth-order valence-electron chi connectivity index (χ4n) is 6.85. The third-order valence-electron chi connectivity index (χ3n) is 9.21. The number of allylic oxidation sites excluding steroid dienone is 5. The first kappa shape index (κ1) is 29.5. The number of carbonyl (C=O) groups excluding carboxylic acids is 3. The molecule has 0 saturated carbocycles. The van der Waals surface area contributed by atoms with Gasteiger partial charge in [-0.2, -0.15) is 9.59 Å². The van der Waals surface area contributed by atoms with Gasteiger partial charge in [-0.25, -0.2) is 4.58 Å². The summed E-state index contributed by atoms with van der Waals surface area (Å²) in [6.45, 7) is 15.5. The van der Waals surface area contributed by atoms with Crippen molar-refractivity contribution in [3.05, 3.63) is 93.6 Å². The van der Waals surface area contributed by atoms with Gasteiger partial charge in [0, 0.05) is 54.7 Å². The van der Waals surface area contributed by atoms with E-state index in [0.29, 0.717) is 0 Å². The summed E-state index contributed by atoms with van der Waals surface area (Å²) in [7, 11) is 0. The molecule has 0 N–H and O–H groups in total. The Labute approximate surface area is 248 Å². The van der Waals surface area contributed by atoms with Gasteiger partial charge in [0.1, 0.15) is 13.1 Å². The number of anilines is 1. The first-order valence-corrected chi connectivity index (χ1v) is 15.0. The number of aromatic carboxylic acids is 1. The van der Waals surface area contributed by atoms with Crippen LogP contribution in [0.2, 0.25) is 0 Å². The van der Waals surface area contributed by atoms with Gasteiger partial charge in [-0.15, -0.1) is 0 Å². The molecular formula is C36H40N2O4. The van der Waals surface area contributed by atoms with E-state index in [9.17, 15) is 9.90 Å². The second kappa shape index (κ2) is 11.3. The summed E-state index contributed by atoms with van der Waals surface area (Å²) in [5.74, 6) is -1.13. The molecule has 0 amide bonds. The Kier molecular flexibility index (Phi) is 7.96. The van der Waals surface area contributed by atoms with Crippen LogP contribution in [-0.2, 0) is 20.4 Å². The highest BCUT2D eigenvalue weighted by atomic mass is 16.4. The maximum Gasteiger partial charge on any atom is 0.373 e. The van der Waals surface area contributed by atoms with Crippen molar-refractivity contribution in [2.75, 3.05) is 31.1 Å². The predicted octanol–water partition coefficient (Wildman–Crippen LogP) is 5.20. The molecule has 6 heteroatoms. The summed E-state index contributed by atoms with van der Waals surface area (Å²) < 4.78 is 2.49. The number of fused-ring (bicyclic) bond motifs is 2. The molecule has 6 nitrogen and oxygen atoms in total. The van der Waals surface area contributed by atoms with Crippen molar-refractivity contribution >= 4 is 29.1 Å². The number of nitrogens with zero attached hydrogens (tertiary/aromatic N) is 2. The molecular weight excluding hydrogens is 524 g/mol.